The third-order valence-corrected chi connectivity index (χ3v) is 1.91. The molecule has 0 aliphatic heterocycles. The molecule has 0 aliphatic carbocycles. The molecular formula is C11H17NO4. The molecule has 0 unspecified atom stereocenters. The van der Waals surface area contributed by atoms with Crippen LogP contribution in [-0.4, -0.2) is 28.5 Å². The monoisotopic (exact) mass is 227 g/mol. The number of carbonyl (C=O) groups excluding carboxylic acids is 1. The molecule has 0 amide bonds. The summed E-state index contributed by atoms with van der Waals surface area (Å²) in [6, 6.07) is 1.61. The molecule has 0 saturated carbocycles. The van der Waals surface area contributed by atoms with Gasteiger partial charge in [-0.15, -0.1) is 0 Å². The van der Waals surface area contributed by atoms with Gasteiger partial charge in [-0.05, 0) is 26.8 Å². The predicted octanol–water partition coefficient (Wildman–Crippen LogP) is 1.77. The van der Waals surface area contributed by atoms with Crippen LogP contribution in [0.4, 0.5) is 4.79 Å². The Balaban J connectivity index is 2.96. The van der Waals surface area contributed by atoms with Crippen molar-refractivity contribution in [1.82, 2.24) is 4.57 Å². The fourth-order valence-corrected chi connectivity index (χ4v) is 1.27. The van der Waals surface area contributed by atoms with Crippen molar-refractivity contribution in [1.29, 1.82) is 0 Å². The number of carbonyl (C=O) groups is 1. The molecule has 90 valence electrons. The second-order valence-electron chi connectivity index (χ2n) is 4.34. The predicted molar refractivity (Wildman–Crippen MR) is 58.5 cm³/mol. The first kappa shape index (κ1) is 12.6. The zero-order valence-electron chi connectivity index (χ0n) is 9.98. The molecule has 5 heteroatoms. The number of aliphatic hydroxyl groups is 1. The third-order valence-electron chi connectivity index (χ3n) is 1.91. The van der Waals surface area contributed by atoms with Crippen LogP contribution >= 0.6 is 0 Å². The van der Waals surface area contributed by atoms with Crippen molar-refractivity contribution in [2.45, 2.75) is 33.0 Å². The molecular weight excluding hydrogens is 210 g/mol. The van der Waals surface area contributed by atoms with E-state index in [2.05, 4.69) is 0 Å². The van der Waals surface area contributed by atoms with Crippen molar-refractivity contribution in [3.05, 3.63) is 18.0 Å². The summed E-state index contributed by atoms with van der Waals surface area (Å²) in [6.45, 7) is 5.06. The van der Waals surface area contributed by atoms with E-state index >= 15 is 0 Å². The van der Waals surface area contributed by atoms with Crippen LogP contribution in [0.15, 0.2) is 12.3 Å². The Bertz CT molecular complexity index is 376. The average molecular weight is 227 g/mol. The van der Waals surface area contributed by atoms with E-state index in [0.717, 1.165) is 0 Å². The van der Waals surface area contributed by atoms with Crippen LogP contribution in [-0.2, 0) is 11.3 Å². The normalized spacial score (nSPS) is 11.3. The second-order valence-corrected chi connectivity index (χ2v) is 4.34. The number of hydrogen-bond donors (Lipinski definition) is 1. The number of rotatable bonds is 2. The molecule has 0 fully saturated rings. The molecule has 0 spiro atoms. The summed E-state index contributed by atoms with van der Waals surface area (Å²) in [4.78, 5) is 11.7. The lowest BCUT2D eigenvalue weighted by Crippen LogP contribution is -2.27. The van der Waals surface area contributed by atoms with Gasteiger partial charge in [-0.1, -0.05) is 0 Å². The topological polar surface area (TPSA) is 60.7 Å². The highest BCUT2D eigenvalue weighted by atomic mass is 16.6. The van der Waals surface area contributed by atoms with Crippen molar-refractivity contribution in [3.8, 4) is 5.75 Å². The minimum Gasteiger partial charge on any atom is -0.495 e. The van der Waals surface area contributed by atoms with E-state index in [0.29, 0.717) is 11.4 Å². The minimum atomic E-state index is -0.568. The average Bonchev–Trinajstić information content (AvgIpc) is 2.57. The van der Waals surface area contributed by atoms with Gasteiger partial charge in [-0.3, -0.25) is 4.57 Å². The number of hydrogen-bond acceptors (Lipinski definition) is 4. The summed E-state index contributed by atoms with van der Waals surface area (Å²) in [7, 11) is 1.48. The van der Waals surface area contributed by atoms with Crippen LogP contribution < -0.4 is 4.74 Å². The van der Waals surface area contributed by atoms with E-state index in [4.69, 9.17) is 14.6 Å². The number of ether oxygens (including phenoxy) is 2. The quantitative estimate of drug-likeness (QED) is 0.836. The summed E-state index contributed by atoms with van der Waals surface area (Å²) >= 11 is 0. The van der Waals surface area contributed by atoms with Gasteiger partial charge in [0.05, 0.1) is 19.4 Å². The number of aliphatic hydroxyl groups excluding tert-OH is 1. The van der Waals surface area contributed by atoms with Crippen molar-refractivity contribution in [2.75, 3.05) is 7.11 Å². The van der Waals surface area contributed by atoms with Crippen LogP contribution in [0.25, 0.3) is 0 Å². The molecule has 16 heavy (non-hydrogen) atoms. The molecule has 0 saturated heterocycles. The molecule has 1 rings (SSSR count). The van der Waals surface area contributed by atoms with Gasteiger partial charge in [0.15, 0.2) is 0 Å². The van der Waals surface area contributed by atoms with Gasteiger partial charge < -0.3 is 14.6 Å². The fourth-order valence-electron chi connectivity index (χ4n) is 1.27. The lowest BCUT2D eigenvalue weighted by atomic mass is 10.2. The van der Waals surface area contributed by atoms with Gasteiger partial charge in [-0.2, -0.15) is 0 Å². The first-order chi connectivity index (χ1) is 7.39. The second kappa shape index (κ2) is 4.57. The Labute approximate surface area is 94.6 Å². The van der Waals surface area contributed by atoms with E-state index in [1.165, 1.54) is 17.9 Å². The molecule has 1 heterocycles. The van der Waals surface area contributed by atoms with Crippen LogP contribution in [0.5, 0.6) is 5.75 Å². The van der Waals surface area contributed by atoms with Gasteiger partial charge in [0.2, 0.25) is 0 Å². The van der Waals surface area contributed by atoms with E-state index in [1.807, 2.05) is 0 Å². The zero-order valence-corrected chi connectivity index (χ0v) is 9.98. The molecule has 0 bridgehead atoms. The first-order valence-electron chi connectivity index (χ1n) is 4.97. The van der Waals surface area contributed by atoms with Gasteiger partial charge in [0.25, 0.3) is 0 Å². The van der Waals surface area contributed by atoms with Gasteiger partial charge in [0, 0.05) is 6.20 Å². The lowest BCUT2D eigenvalue weighted by Gasteiger charge is -2.20. The summed E-state index contributed by atoms with van der Waals surface area (Å²) in [6.07, 6.45) is 0.984. The Hall–Kier alpha value is -1.49. The minimum absolute atomic E-state index is 0.282. The highest BCUT2D eigenvalue weighted by molar-refractivity contribution is 5.73. The van der Waals surface area contributed by atoms with Crippen molar-refractivity contribution in [2.24, 2.45) is 0 Å². The smallest absolute Gasteiger partial charge is 0.418 e. The Morgan fingerprint density at radius 2 is 2.12 bits per heavy atom. The maximum absolute atomic E-state index is 11.7. The Morgan fingerprint density at radius 3 is 2.56 bits per heavy atom. The maximum Gasteiger partial charge on any atom is 0.418 e. The van der Waals surface area contributed by atoms with E-state index < -0.39 is 11.7 Å². The van der Waals surface area contributed by atoms with E-state index in [1.54, 1.807) is 26.8 Å². The first-order valence-corrected chi connectivity index (χ1v) is 4.97. The number of aromatic nitrogens is 1. The van der Waals surface area contributed by atoms with Gasteiger partial charge >= 0.3 is 6.09 Å². The lowest BCUT2D eigenvalue weighted by molar-refractivity contribution is 0.0524. The Morgan fingerprint density at radius 1 is 1.50 bits per heavy atom. The van der Waals surface area contributed by atoms with Crippen LogP contribution in [0, 0.1) is 0 Å². The number of nitrogens with zero attached hydrogens (tertiary/aromatic N) is 1. The summed E-state index contributed by atoms with van der Waals surface area (Å²) < 4.78 is 11.4. The largest absolute Gasteiger partial charge is 0.495 e. The van der Waals surface area contributed by atoms with Crippen LogP contribution in [0.2, 0.25) is 0 Å². The zero-order chi connectivity index (χ0) is 12.3. The molecule has 5 nitrogen and oxygen atoms in total. The van der Waals surface area contributed by atoms with Crippen LogP contribution in [0.1, 0.15) is 26.5 Å². The molecule has 1 aromatic heterocycles. The highest BCUT2D eigenvalue weighted by Crippen LogP contribution is 2.21. The molecule has 0 atom stereocenters. The molecule has 1 aromatic rings. The Kier molecular flexibility index (Phi) is 3.59. The van der Waals surface area contributed by atoms with Gasteiger partial charge in [0.1, 0.15) is 11.4 Å². The fraction of sp³-hybridized carbons (Fsp3) is 0.545. The summed E-state index contributed by atoms with van der Waals surface area (Å²) in [5.41, 5.74) is -0.182. The highest BCUT2D eigenvalue weighted by Gasteiger charge is 2.21. The van der Waals surface area contributed by atoms with Crippen molar-refractivity contribution < 1.29 is 19.4 Å². The molecule has 0 aliphatic rings. The maximum atomic E-state index is 11.7. The molecule has 1 N–H and O–H groups in total. The van der Waals surface area contributed by atoms with Crippen molar-refractivity contribution >= 4 is 6.09 Å². The summed E-state index contributed by atoms with van der Waals surface area (Å²) in [5.74, 6) is 0.466. The number of methoxy groups -OCH3 is 1. The molecule has 0 aromatic carbocycles. The van der Waals surface area contributed by atoms with Gasteiger partial charge in [-0.25, -0.2) is 4.79 Å². The third kappa shape index (κ3) is 2.76. The molecule has 0 radical (unpaired) electrons. The summed E-state index contributed by atoms with van der Waals surface area (Å²) in [5, 5.41) is 9.16. The SMILES string of the molecule is COc1ccn(C(=O)OC(C)(C)C)c1CO. The van der Waals surface area contributed by atoms with E-state index in [-0.39, 0.29) is 6.61 Å². The van der Waals surface area contributed by atoms with Crippen LogP contribution in [0.3, 0.4) is 0 Å². The van der Waals surface area contributed by atoms with E-state index in [9.17, 15) is 4.79 Å². The van der Waals surface area contributed by atoms with Crippen molar-refractivity contribution in [3.63, 3.8) is 0 Å². The standard InChI is InChI=1S/C11H17NO4/c1-11(2,3)16-10(14)12-6-5-9(15-4)8(12)7-13/h5-6,13H,7H2,1-4H3.